The highest BCUT2D eigenvalue weighted by atomic mass is 32.1. The number of amides is 2. The van der Waals surface area contributed by atoms with Gasteiger partial charge >= 0.3 is 0 Å². The highest BCUT2D eigenvalue weighted by Crippen LogP contribution is 2.34. The molecular weight excluding hydrogens is 284 g/mol. The van der Waals surface area contributed by atoms with Crippen molar-refractivity contribution in [2.45, 2.75) is 57.0 Å². The summed E-state index contributed by atoms with van der Waals surface area (Å²) in [5.74, 6) is 0.158. The maximum absolute atomic E-state index is 13.0. The Balaban J connectivity index is 1.79. The molecule has 2 fully saturated rings. The van der Waals surface area contributed by atoms with E-state index in [4.69, 9.17) is 0 Å². The fourth-order valence-electron chi connectivity index (χ4n) is 3.55. The minimum absolute atomic E-state index is 0.0241. The van der Waals surface area contributed by atoms with Crippen molar-refractivity contribution < 1.29 is 9.59 Å². The Morgan fingerprint density at radius 1 is 1.38 bits per heavy atom. The van der Waals surface area contributed by atoms with Gasteiger partial charge < -0.3 is 10.2 Å². The van der Waals surface area contributed by atoms with Crippen molar-refractivity contribution >= 4 is 23.2 Å². The zero-order valence-electron chi connectivity index (χ0n) is 12.4. The van der Waals surface area contributed by atoms with Crippen LogP contribution in [0.25, 0.3) is 0 Å². The molecule has 1 saturated heterocycles. The second-order valence-electron chi connectivity index (χ2n) is 6.22. The average Bonchev–Trinajstić information content (AvgIpc) is 3.08. The third kappa shape index (κ3) is 2.84. The summed E-state index contributed by atoms with van der Waals surface area (Å²) in [5, 5.41) is 5.09. The third-order valence-electron chi connectivity index (χ3n) is 4.69. The molecule has 1 N–H and O–H groups in total. The minimum Gasteiger partial charge on any atom is -0.342 e. The fraction of sp³-hybridized carbons (Fsp3) is 0.625. The highest BCUT2D eigenvalue weighted by molar-refractivity contribution is 7.09. The molecule has 5 heteroatoms. The van der Waals surface area contributed by atoms with Crippen LogP contribution in [0.4, 0.5) is 0 Å². The van der Waals surface area contributed by atoms with Crippen molar-refractivity contribution in [1.29, 1.82) is 0 Å². The minimum atomic E-state index is -0.614. The number of hydrogen-bond acceptors (Lipinski definition) is 3. The van der Waals surface area contributed by atoms with Crippen molar-refractivity contribution in [3.05, 3.63) is 22.4 Å². The number of hydrogen-bond donors (Lipinski definition) is 1. The molecule has 1 aromatic rings. The number of nitrogens with one attached hydrogen (secondary N) is 1. The van der Waals surface area contributed by atoms with Gasteiger partial charge in [-0.2, -0.15) is 0 Å². The van der Waals surface area contributed by atoms with Crippen LogP contribution in [0.1, 0.15) is 43.9 Å². The topological polar surface area (TPSA) is 49.4 Å². The van der Waals surface area contributed by atoms with E-state index in [9.17, 15) is 9.59 Å². The predicted molar refractivity (Wildman–Crippen MR) is 83.2 cm³/mol. The highest BCUT2D eigenvalue weighted by Gasteiger charge is 2.47. The summed E-state index contributed by atoms with van der Waals surface area (Å²) in [6.07, 6.45) is 4.92. The second kappa shape index (κ2) is 5.79. The van der Waals surface area contributed by atoms with E-state index in [0.29, 0.717) is 13.0 Å². The van der Waals surface area contributed by atoms with Gasteiger partial charge in [0, 0.05) is 30.3 Å². The van der Waals surface area contributed by atoms with Crippen LogP contribution in [0.2, 0.25) is 0 Å². The summed E-state index contributed by atoms with van der Waals surface area (Å²) in [6.45, 7) is 2.63. The van der Waals surface area contributed by atoms with Crippen LogP contribution in [0.5, 0.6) is 0 Å². The van der Waals surface area contributed by atoms with Crippen molar-refractivity contribution in [3.63, 3.8) is 0 Å². The van der Waals surface area contributed by atoms with E-state index in [0.717, 1.165) is 32.1 Å². The molecule has 1 saturated carbocycles. The molecule has 114 valence electrons. The first kappa shape index (κ1) is 14.6. The van der Waals surface area contributed by atoms with E-state index in [1.165, 1.54) is 4.88 Å². The van der Waals surface area contributed by atoms with Crippen LogP contribution in [0.3, 0.4) is 0 Å². The average molecular weight is 306 g/mol. The fourth-order valence-corrected chi connectivity index (χ4v) is 4.38. The molecule has 0 bridgehead atoms. The molecule has 2 amide bonds. The SMILES string of the molecule is CC(Cc1cccs1)N1CCC(=O)NC2(CCCC2)C1=O. The molecule has 3 rings (SSSR count). The number of carbonyl (C=O) groups excluding carboxylic acids is 2. The van der Waals surface area contributed by atoms with Gasteiger partial charge in [-0.05, 0) is 31.2 Å². The molecule has 1 spiro atoms. The number of nitrogens with zero attached hydrogens (tertiary/aromatic N) is 1. The standard InChI is InChI=1S/C16H22N2O2S/c1-12(11-13-5-4-10-21-13)18-9-6-14(19)17-16(15(18)20)7-2-3-8-16/h4-5,10,12H,2-3,6-9,11H2,1H3,(H,17,19). The molecular formula is C16H22N2O2S. The van der Waals surface area contributed by atoms with Gasteiger partial charge in [-0.3, -0.25) is 9.59 Å². The van der Waals surface area contributed by atoms with Gasteiger partial charge in [-0.15, -0.1) is 11.3 Å². The third-order valence-corrected chi connectivity index (χ3v) is 5.59. The van der Waals surface area contributed by atoms with Crippen LogP contribution in [-0.4, -0.2) is 34.8 Å². The number of rotatable bonds is 3. The molecule has 1 unspecified atom stereocenters. The second-order valence-corrected chi connectivity index (χ2v) is 7.25. The Morgan fingerprint density at radius 2 is 2.14 bits per heavy atom. The Morgan fingerprint density at radius 3 is 2.81 bits per heavy atom. The lowest BCUT2D eigenvalue weighted by atomic mass is 9.95. The van der Waals surface area contributed by atoms with E-state index in [2.05, 4.69) is 23.7 Å². The molecule has 2 aliphatic rings. The Bertz CT molecular complexity index is 520. The van der Waals surface area contributed by atoms with Crippen molar-refractivity contribution in [2.24, 2.45) is 0 Å². The maximum Gasteiger partial charge on any atom is 0.248 e. The molecule has 1 aliphatic carbocycles. The summed E-state index contributed by atoms with van der Waals surface area (Å²) < 4.78 is 0. The molecule has 1 aromatic heterocycles. The largest absolute Gasteiger partial charge is 0.342 e. The molecule has 21 heavy (non-hydrogen) atoms. The quantitative estimate of drug-likeness (QED) is 0.932. The van der Waals surface area contributed by atoms with Crippen LogP contribution < -0.4 is 5.32 Å². The van der Waals surface area contributed by atoms with Crippen molar-refractivity contribution in [3.8, 4) is 0 Å². The van der Waals surface area contributed by atoms with Gasteiger partial charge in [-0.25, -0.2) is 0 Å². The van der Waals surface area contributed by atoms with Crippen LogP contribution in [0.15, 0.2) is 17.5 Å². The van der Waals surface area contributed by atoms with Gasteiger partial charge in [0.05, 0.1) is 0 Å². The first-order chi connectivity index (χ1) is 10.1. The molecule has 0 aromatic carbocycles. The Hall–Kier alpha value is -1.36. The van der Waals surface area contributed by atoms with E-state index in [1.54, 1.807) is 11.3 Å². The van der Waals surface area contributed by atoms with E-state index in [-0.39, 0.29) is 17.9 Å². The Kier molecular flexibility index (Phi) is 4.02. The van der Waals surface area contributed by atoms with E-state index >= 15 is 0 Å². The normalized spacial score (nSPS) is 23.2. The first-order valence-electron chi connectivity index (χ1n) is 7.75. The Labute approximate surface area is 129 Å². The van der Waals surface area contributed by atoms with Crippen molar-refractivity contribution in [1.82, 2.24) is 10.2 Å². The van der Waals surface area contributed by atoms with Crippen LogP contribution in [0, 0.1) is 0 Å². The van der Waals surface area contributed by atoms with Gasteiger partial charge in [0.15, 0.2) is 0 Å². The van der Waals surface area contributed by atoms with Gasteiger partial charge in [-0.1, -0.05) is 18.9 Å². The van der Waals surface area contributed by atoms with Gasteiger partial charge in [0.1, 0.15) is 5.54 Å². The van der Waals surface area contributed by atoms with E-state index in [1.807, 2.05) is 11.0 Å². The summed E-state index contributed by atoms with van der Waals surface area (Å²) in [6, 6.07) is 4.29. The summed E-state index contributed by atoms with van der Waals surface area (Å²) >= 11 is 1.73. The summed E-state index contributed by atoms with van der Waals surface area (Å²) in [5.41, 5.74) is -0.614. The lowest BCUT2D eigenvalue weighted by molar-refractivity contribution is -0.140. The van der Waals surface area contributed by atoms with Gasteiger partial charge in [0.25, 0.3) is 0 Å². The zero-order valence-corrected chi connectivity index (χ0v) is 13.2. The zero-order chi connectivity index (χ0) is 14.9. The molecule has 4 nitrogen and oxygen atoms in total. The lowest BCUT2D eigenvalue weighted by Crippen LogP contribution is -2.57. The monoisotopic (exact) mass is 306 g/mol. The lowest BCUT2D eigenvalue weighted by Gasteiger charge is -2.35. The number of carbonyl (C=O) groups is 2. The molecule has 1 aliphatic heterocycles. The predicted octanol–water partition coefficient (Wildman–Crippen LogP) is 2.34. The van der Waals surface area contributed by atoms with E-state index < -0.39 is 5.54 Å². The van der Waals surface area contributed by atoms with Crippen LogP contribution in [-0.2, 0) is 16.0 Å². The van der Waals surface area contributed by atoms with Gasteiger partial charge in [0.2, 0.25) is 11.8 Å². The maximum atomic E-state index is 13.0. The summed E-state index contributed by atoms with van der Waals surface area (Å²) in [7, 11) is 0. The summed E-state index contributed by atoms with van der Waals surface area (Å²) in [4.78, 5) is 28.2. The number of thiophene rings is 1. The molecule has 2 heterocycles. The molecule has 0 radical (unpaired) electrons. The molecule has 1 atom stereocenters. The van der Waals surface area contributed by atoms with Crippen LogP contribution >= 0.6 is 11.3 Å². The van der Waals surface area contributed by atoms with Crippen molar-refractivity contribution in [2.75, 3.05) is 6.54 Å². The first-order valence-corrected chi connectivity index (χ1v) is 8.63. The smallest absolute Gasteiger partial charge is 0.248 e.